The van der Waals surface area contributed by atoms with Crippen molar-refractivity contribution in [2.75, 3.05) is 6.54 Å². The summed E-state index contributed by atoms with van der Waals surface area (Å²) in [7, 11) is 0. The number of carbonyl (C=O) groups excluding carboxylic acids is 2. The molecule has 1 rings (SSSR count). The molecule has 0 aliphatic heterocycles. The summed E-state index contributed by atoms with van der Waals surface area (Å²) < 4.78 is 5.90. The Kier molecular flexibility index (Phi) is 5.28. The van der Waals surface area contributed by atoms with Crippen LogP contribution in [-0.4, -0.2) is 29.0 Å². The molecule has 18 heavy (non-hydrogen) atoms. The number of nitrogens with one attached hydrogen (secondary N) is 1. The maximum Gasteiger partial charge on any atom is 0.408 e. The minimum absolute atomic E-state index is 0.0495. The lowest BCUT2D eigenvalue weighted by Crippen LogP contribution is -2.35. The average Bonchev–Trinajstić information content (AvgIpc) is 2.58. The number of rotatable bonds is 4. The fourth-order valence-corrected chi connectivity index (χ4v) is 2.42. The molecule has 0 saturated heterocycles. The molecule has 1 heterocycles. The van der Waals surface area contributed by atoms with Crippen molar-refractivity contribution in [1.29, 1.82) is 0 Å². The Morgan fingerprint density at radius 1 is 1.50 bits per heavy atom. The van der Waals surface area contributed by atoms with Crippen molar-refractivity contribution in [1.82, 2.24) is 10.3 Å². The van der Waals surface area contributed by atoms with Crippen molar-refractivity contribution >= 4 is 39.1 Å². The maximum absolute atomic E-state index is 11.6. The molecule has 0 fully saturated rings. The molecule has 0 spiro atoms. The quantitative estimate of drug-likeness (QED) is 0.918. The minimum atomic E-state index is -0.587. The highest BCUT2D eigenvalue weighted by Gasteiger charge is 2.16. The molecule has 0 bridgehead atoms. The van der Waals surface area contributed by atoms with E-state index in [1.165, 1.54) is 11.3 Å². The first-order valence-corrected chi connectivity index (χ1v) is 6.96. The van der Waals surface area contributed by atoms with Crippen molar-refractivity contribution < 1.29 is 14.3 Å². The van der Waals surface area contributed by atoms with E-state index in [4.69, 9.17) is 4.74 Å². The number of hydrogen-bond acceptors (Lipinski definition) is 5. The number of ether oxygens (including phenoxy) is 1. The summed E-state index contributed by atoms with van der Waals surface area (Å²) in [6, 6.07) is 0. The second-order valence-corrected chi connectivity index (χ2v) is 7.12. The Morgan fingerprint density at radius 2 is 2.17 bits per heavy atom. The lowest BCUT2D eigenvalue weighted by molar-refractivity contribution is -0.117. The Bertz CT molecular complexity index is 440. The summed E-state index contributed by atoms with van der Waals surface area (Å²) in [5, 5.41) is 3.14. The number of halogens is 1. The molecule has 0 aliphatic carbocycles. The van der Waals surface area contributed by atoms with Crippen LogP contribution in [0.4, 0.5) is 4.79 Å². The summed E-state index contributed by atoms with van der Waals surface area (Å²) in [5.41, 5.74) is -0.562. The van der Waals surface area contributed by atoms with Crippen LogP contribution >= 0.6 is 27.3 Å². The standard InChI is InChI=1S/C11H15BrN2O3S/c1-11(2,3)17-10(16)14-5-7(15)4-9-13-6-8(12)18-9/h6H,4-5H2,1-3H3,(H,14,16). The topological polar surface area (TPSA) is 68.3 Å². The van der Waals surface area contributed by atoms with Gasteiger partial charge in [0.05, 0.1) is 22.9 Å². The molecule has 0 atom stereocenters. The molecule has 1 N–H and O–H groups in total. The van der Waals surface area contributed by atoms with Gasteiger partial charge in [-0.2, -0.15) is 0 Å². The zero-order valence-corrected chi connectivity index (χ0v) is 12.9. The van der Waals surface area contributed by atoms with E-state index in [0.717, 1.165) is 8.79 Å². The van der Waals surface area contributed by atoms with Crippen molar-refractivity contribution in [2.24, 2.45) is 0 Å². The smallest absolute Gasteiger partial charge is 0.408 e. The van der Waals surface area contributed by atoms with Crippen LogP contribution in [0.2, 0.25) is 0 Å². The number of amides is 1. The van der Waals surface area contributed by atoms with Crippen LogP contribution in [0.25, 0.3) is 0 Å². The summed E-state index contributed by atoms with van der Waals surface area (Å²) in [5.74, 6) is -0.109. The van der Waals surface area contributed by atoms with Gasteiger partial charge < -0.3 is 10.1 Å². The van der Waals surface area contributed by atoms with Crippen molar-refractivity contribution in [3.05, 3.63) is 15.0 Å². The van der Waals surface area contributed by atoms with Gasteiger partial charge in [0, 0.05) is 0 Å². The van der Waals surface area contributed by atoms with Crippen LogP contribution in [0, 0.1) is 0 Å². The van der Waals surface area contributed by atoms with E-state index >= 15 is 0 Å². The maximum atomic E-state index is 11.6. The molecule has 1 amide bonds. The van der Waals surface area contributed by atoms with Crippen LogP contribution in [0.3, 0.4) is 0 Å². The van der Waals surface area contributed by atoms with Gasteiger partial charge in [0.15, 0.2) is 5.78 Å². The average molecular weight is 335 g/mol. The van der Waals surface area contributed by atoms with Gasteiger partial charge in [0.2, 0.25) is 0 Å². The zero-order chi connectivity index (χ0) is 13.8. The number of Topliss-reactive ketones (excluding diaryl/α,β-unsaturated/α-hetero) is 1. The van der Waals surface area contributed by atoms with E-state index in [2.05, 4.69) is 26.2 Å². The molecule has 0 aliphatic rings. The third kappa shape index (κ3) is 6.11. The number of hydrogen-bond donors (Lipinski definition) is 1. The Hall–Kier alpha value is -0.950. The van der Waals surface area contributed by atoms with E-state index in [9.17, 15) is 9.59 Å². The third-order valence-corrected chi connectivity index (χ3v) is 3.18. The van der Waals surface area contributed by atoms with Crippen LogP contribution in [-0.2, 0) is 16.0 Å². The van der Waals surface area contributed by atoms with E-state index in [-0.39, 0.29) is 18.7 Å². The van der Waals surface area contributed by atoms with Crippen molar-refractivity contribution in [3.8, 4) is 0 Å². The molecule has 0 radical (unpaired) electrons. The molecule has 1 aromatic rings. The number of thiazole rings is 1. The summed E-state index contributed by atoms with van der Waals surface area (Å²) in [6.07, 6.45) is 1.27. The number of alkyl carbamates (subject to hydrolysis) is 1. The van der Waals surface area contributed by atoms with Gasteiger partial charge in [-0.1, -0.05) is 0 Å². The second kappa shape index (κ2) is 6.29. The molecule has 7 heteroatoms. The second-order valence-electron chi connectivity index (χ2n) is 4.63. The highest BCUT2D eigenvalue weighted by Crippen LogP contribution is 2.19. The highest BCUT2D eigenvalue weighted by atomic mass is 79.9. The molecular weight excluding hydrogens is 320 g/mol. The van der Waals surface area contributed by atoms with Crippen molar-refractivity contribution in [3.63, 3.8) is 0 Å². The van der Waals surface area contributed by atoms with Gasteiger partial charge in [0.1, 0.15) is 10.6 Å². The first-order valence-electron chi connectivity index (χ1n) is 5.35. The summed E-state index contributed by atoms with van der Waals surface area (Å²) in [4.78, 5) is 26.9. The number of nitrogens with zero attached hydrogens (tertiary/aromatic N) is 1. The predicted octanol–water partition coefficient (Wildman–Crippen LogP) is 2.54. The Morgan fingerprint density at radius 3 is 2.67 bits per heavy atom. The molecule has 5 nitrogen and oxygen atoms in total. The molecule has 1 aromatic heterocycles. The Labute approximate surface area is 118 Å². The lowest BCUT2D eigenvalue weighted by Gasteiger charge is -2.19. The normalized spacial score (nSPS) is 11.1. The fraction of sp³-hybridized carbons (Fsp3) is 0.545. The van der Waals surface area contributed by atoms with Gasteiger partial charge in [0.25, 0.3) is 0 Å². The highest BCUT2D eigenvalue weighted by molar-refractivity contribution is 9.11. The first kappa shape index (κ1) is 15.1. The summed E-state index contributed by atoms with van der Waals surface area (Å²) >= 11 is 4.67. The van der Waals surface area contributed by atoms with E-state index < -0.39 is 11.7 Å². The minimum Gasteiger partial charge on any atom is -0.444 e. The predicted molar refractivity (Wildman–Crippen MR) is 72.8 cm³/mol. The lowest BCUT2D eigenvalue weighted by atomic mass is 10.2. The van der Waals surface area contributed by atoms with Crippen molar-refractivity contribution in [2.45, 2.75) is 32.8 Å². The van der Waals surface area contributed by atoms with Gasteiger partial charge >= 0.3 is 6.09 Å². The van der Waals surface area contributed by atoms with Gasteiger partial charge in [-0.3, -0.25) is 4.79 Å². The monoisotopic (exact) mass is 334 g/mol. The largest absolute Gasteiger partial charge is 0.444 e. The molecule has 0 saturated carbocycles. The van der Waals surface area contributed by atoms with E-state index in [0.29, 0.717) is 0 Å². The van der Waals surface area contributed by atoms with E-state index in [1.54, 1.807) is 27.0 Å². The number of aromatic nitrogens is 1. The SMILES string of the molecule is CC(C)(C)OC(=O)NCC(=O)Cc1ncc(Br)s1. The van der Waals surface area contributed by atoms with Crippen LogP contribution in [0.15, 0.2) is 9.98 Å². The van der Waals surface area contributed by atoms with E-state index in [1.807, 2.05) is 0 Å². The number of carbonyl (C=O) groups is 2. The molecular formula is C11H15BrN2O3S. The van der Waals surface area contributed by atoms with Gasteiger partial charge in [-0.25, -0.2) is 9.78 Å². The fourth-order valence-electron chi connectivity index (χ4n) is 1.09. The molecule has 100 valence electrons. The Balaban J connectivity index is 2.31. The zero-order valence-electron chi connectivity index (χ0n) is 10.4. The van der Waals surface area contributed by atoms with Crippen LogP contribution in [0.1, 0.15) is 25.8 Å². The third-order valence-electron chi connectivity index (χ3n) is 1.70. The summed E-state index contributed by atoms with van der Waals surface area (Å²) in [6.45, 7) is 5.25. The first-order chi connectivity index (χ1) is 8.26. The van der Waals surface area contributed by atoms with Gasteiger partial charge in [-0.05, 0) is 36.7 Å². The van der Waals surface area contributed by atoms with Crippen LogP contribution < -0.4 is 5.32 Å². The van der Waals surface area contributed by atoms with Gasteiger partial charge in [-0.15, -0.1) is 11.3 Å². The molecule has 0 unspecified atom stereocenters. The number of ketones is 1. The van der Waals surface area contributed by atoms with Crippen LogP contribution in [0.5, 0.6) is 0 Å². The molecule has 0 aromatic carbocycles.